The van der Waals surface area contributed by atoms with Gasteiger partial charge in [-0.3, -0.25) is 4.79 Å². The van der Waals surface area contributed by atoms with Gasteiger partial charge in [0.1, 0.15) is 11.9 Å². The molecule has 1 unspecified atom stereocenters. The van der Waals surface area contributed by atoms with Gasteiger partial charge in [-0.25, -0.2) is 22.8 Å². The summed E-state index contributed by atoms with van der Waals surface area (Å²) in [5, 5.41) is 7.33. The number of carbonyl (C=O) groups excluding carboxylic acids is 1. The molecule has 1 aromatic heterocycles. The molecule has 3 aromatic carbocycles. The van der Waals surface area contributed by atoms with E-state index in [1.165, 1.54) is 16.4 Å². The first-order valence-corrected chi connectivity index (χ1v) is 16.4. The van der Waals surface area contributed by atoms with Crippen LogP contribution in [0.4, 0.5) is 10.3 Å². The minimum Gasteiger partial charge on any atom is -0.454 e. The smallest absolute Gasteiger partial charge is 0.243 e. The van der Waals surface area contributed by atoms with Gasteiger partial charge in [0.05, 0.1) is 16.6 Å². The Kier molecular flexibility index (Phi) is 9.09. The fraction of sp³-hybridized carbons (Fsp3) is 0.258. The minimum atomic E-state index is -4.05. The third-order valence-electron chi connectivity index (χ3n) is 7.61. The fourth-order valence-corrected chi connectivity index (χ4v) is 7.50. The van der Waals surface area contributed by atoms with E-state index in [0.717, 1.165) is 17.7 Å². The van der Waals surface area contributed by atoms with Gasteiger partial charge in [0, 0.05) is 29.3 Å². The van der Waals surface area contributed by atoms with Gasteiger partial charge in [-0.15, -0.1) is 0 Å². The Labute approximate surface area is 269 Å². The van der Waals surface area contributed by atoms with E-state index in [4.69, 9.17) is 32.7 Å². The molecule has 2 atom stereocenters. The molecule has 1 amide bonds. The van der Waals surface area contributed by atoms with Crippen molar-refractivity contribution < 1.29 is 27.1 Å². The molecule has 1 saturated heterocycles. The molecule has 1 fully saturated rings. The molecular formula is C31H28Cl2FN5O5S. The molecular weight excluding hydrogens is 644 g/mol. The SMILES string of the molecule is O=C(NC(c1ccc2c(c1)OCO2)c1ccnc(NCCc2ccc(Cl)cc2Cl)n1)[C@@H]1CCCN1S(=O)(=O)c1ccc(F)cc1. The van der Waals surface area contributed by atoms with Gasteiger partial charge in [-0.05, 0) is 85.0 Å². The van der Waals surface area contributed by atoms with Crippen molar-refractivity contribution in [2.75, 3.05) is 25.2 Å². The van der Waals surface area contributed by atoms with Crippen LogP contribution >= 0.6 is 23.2 Å². The highest BCUT2D eigenvalue weighted by atomic mass is 35.5. The quantitative estimate of drug-likeness (QED) is 0.231. The lowest BCUT2D eigenvalue weighted by molar-refractivity contribution is -0.124. The van der Waals surface area contributed by atoms with Crippen LogP contribution in [-0.2, 0) is 21.2 Å². The van der Waals surface area contributed by atoms with Crippen LogP contribution in [-0.4, -0.2) is 54.5 Å². The maximum absolute atomic E-state index is 13.8. The Balaban J connectivity index is 1.25. The van der Waals surface area contributed by atoms with E-state index in [2.05, 4.69) is 20.6 Å². The Bertz CT molecular complexity index is 1830. The lowest BCUT2D eigenvalue weighted by atomic mass is 10.0. The zero-order valence-corrected chi connectivity index (χ0v) is 26.1. The Morgan fingerprint density at radius 3 is 2.64 bits per heavy atom. The predicted octanol–water partition coefficient (Wildman–Crippen LogP) is 5.36. The van der Waals surface area contributed by atoms with Crippen LogP contribution in [0, 0.1) is 5.82 Å². The summed E-state index contributed by atoms with van der Waals surface area (Å²) in [7, 11) is -4.05. The zero-order chi connectivity index (χ0) is 31.6. The highest BCUT2D eigenvalue weighted by molar-refractivity contribution is 7.89. The predicted molar refractivity (Wildman–Crippen MR) is 167 cm³/mol. The Morgan fingerprint density at radius 2 is 1.84 bits per heavy atom. The number of amides is 1. The maximum atomic E-state index is 13.8. The van der Waals surface area contributed by atoms with Crippen molar-refractivity contribution in [1.29, 1.82) is 0 Å². The molecule has 234 valence electrons. The number of sulfonamides is 1. The Hall–Kier alpha value is -3.97. The summed E-state index contributed by atoms with van der Waals surface area (Å²) in [4.78, 5) is 22.8. The summed E-state index contributed by atoms with van der Waals surface area (Å²) >= 11 is 12.3. The van der Waals surface area contributed by atoms with Crippen molar-refractivity contribution in [3.05, 3.63) is 106 Å². The largest absolute Gasteiger partial charge is 0.454 e. The van der Waals surface area contributed by atoms with E-state index >= 15 is 0 Å². The summed E-state index contributed by atoms with van der Waals surface area (Å²) in [6.45, 7) is 0.711. The Morgan fingerprint density at radius 1 is 1.04 bits per heavy atom. The number of benzene rings is 3. The second-order valence-corrected chi connectivity index (χ2v) is 13.2. The topological polar surface area (TPSA) is 123 Å². The average Bonchev–Trinajstić information content (AvgIpc) is 3.72. The lowest BCUT2D eigenvalue weighted by Crippen LogP contribution is -2.47. The second kappa shape index (κ2) is 13.2. The number of halogens is 3. The van der Waals surface area contributed by atoms with Crippen LogP contribution in [0.25, 0.3) is 0 Å². The van der Waals surface area contributed by atoms with Gasteiger partial charge in [0.25, 0.3) is 0 Å². The van der Waals surface area contributed by atoms with Crippen LogP contribution in [0.3, 0.4) is 0 Å². The third-order valence-corrected chi connectivity index (χ3v) is 10.1. The van der Waals surface area contributed by atoms with Crippen molar-refractivity contribution in [2.24, 2.45) is 0 Å². The van der Waals surface area contributed by atoms with Gasteiger partial charge in [-0.2, -0.15) is 4.31 Å². The molecule has 2 N–H and O–H groups in total. The number of hydrogen-bond acceptors (Lipinski definition) is 8. The van der Waals surface area contributed by atoms with E-state index < -0.39 is 33.8 Å². The molecule has 10 nitrogen and oxygen atoms in total. The van der Waals surface area contributed by atoms with Gasteiger partial charge >= 0.3 is 0 Å². The van der Waals surface area contributed by atoms with E-state index in [1.54, 1.807) is 42.6 Å². The number of hydrogen-bond donors (Lipinski definition) is 2. The molecule has 14 heteroatoms. The number of rotatable bonds is 10. The highest BCUT2D eigenvalue weighted by Crippen LogP contribution is 2.36. The number of carbonyl (C=O) groups is 1. The number of nitrogens with one attached hydrogen (secondary N) is 2. The maximum Gasteiger partial charge on any atom is 0.243 e. The molecule has 0 aliphatic carbocycles. The van der Waals surface area contributed by atoms with Crippen LogP contribution < -0.4 is 20.1 Å². The van der Waals surface area contributed by atoms with Gasteiger partial charge < -0.3 is 20.1 Å². The molecule has 6 rings (SSSR count). The van der Waals surface area contributed by atoms with E-state index in [0.29, 0.717) is 64.6 Å². The second-order valence-electron chi connectivity index (χ2n) is 10.5. The summed E-state index contributed by atoms with van der Waals surface area (Å²) < 4.78 is 52.6. The molecule has 4 aromatic rings. The summed E-state index contributed by atoms with van der Waals surface area (Å²) in [5.41, 5.74) is 2.03. The molecule has 0 spiro atoms. The van der Waals surface area contributed by atoms with E-state index in [-0.39, 0.29) is 18.2 Å². The monoisotopic (exact) mass is 671 g/mol. The normalized spacial score (nSPS) is 16.8. The molecule has 0 radical (unpaired) electrons. The lowest BCUT2D eigenvalue weighted by Gasteiger charge is -2.26. The average molecular weight is 673 g/mol. The molecule has 2 aliphatic rings. The van der Waals surface area contributed by atoms with Crippen molar-refractivity contribution in [3.63, 3.8) is 0 Å². The standard InChI is InChI=1S/C31H28Cl2FN5O5S/c32-21-5-3-19(24(33)17-21)11-13-35-31-36-14-12-25(37-31)29(20-4-10-27-28(16-20)44-18-43-27)38-30(40)26-2-1-15-39(26)45(41,42)23-8-6-22(34)7-9-23/h3-10,12,14,16-17,26,29H,1-2,11,13,15,18H2,(H,38,40)(H,35,36,37)/t26-,29?/m0/s1. The van der Waals surface area contributed by atoms with Crippen LogP contribution in [0.5, 0.6) is 11.5 Å². The van der Waals surface area contributed by atoms with Gasteiger partial charge in [0.2, 0.25) is 28.7 Å². The highest BCUT2D eigenvalue weighted by Gasteiger charge is 2.40. The summed E-state index contributed by atoms with van der Waals surface area (Å²) in [6, 6.07) is 15.1. The first-order chi connectivity index (χ1) is 21.7. The van der Waals surface area contributed by atoms with Crippen LogP contribution in [0.15, 0.2) is 77.8 Å². The number of aromatic nitrogens is 2. The molecule has 0 bridgehead atoms. The van der Waals surface area contributed by atoms with Crippen LogP contribution in [0.2, 0.25) is 10.0 Å². The van der Waals surface area contributed by atoms with Crippen molar-refractivity contribution in [3.8, 4) is 11.5 Å². The molecule has 0 saturated carbocycles. The third kappa shape index (κ3) is 6.84. The molecule has 2 aliphatic heterocycles. The van der Waals surface area contributed by atoms with Gasteiger partial charge in [0.15, 0.2) is 11.5 Å². The van der Waals surface area contributed by atoms with Crippen molar-refractivity contribution >= 4 is 45.1 Å². The summed E-state index contributed by atoms with van der Waals surface area (Å²) in [5.74, 6) is 0.372. The number of fused-ring (bicyclic) bond motifs is 1. The minimum absolute atomic E-state index is 0.0767. The van der Waals surface area contributed by atoms with Crippen molar-refractivity contribution in [1.82, 2.24) is 19.6 Å². The molecule has 3 heterocycles. The fourth-order valence-electron chi connectivity index (χ4n) is 5.34. The first kappa shape index (κ1) is 31.0. The number of nitrogens with zero attached hydrogens (tertiary/aromatic N) is 3. The van der Waals surface area contributed by atoms with E-state index in [9.17, 15) is 17.6 Å². The molecule has 45 heavy (non-hydrogen) atoms. The van der Waals surface area contributed by atoms with Crippen molar-refractivity contribution in [2.45, 2.75) is 36.2 Å². The zero-order valence-electron chi connectivity index (χ0n) is 23.8. The number of anilines is 1. The van der Waals surface area contributed by atoms with Gasteiger partial charge in [-0.1, -0.05) is 35.3 Å². The number of ether oxygens (including phenoxy) is 2. The van der Waals surface area contributed by atoms with Crippen LogP contribution in [0.1, 0.15) is 35.7 Å². The summed E-state index contributed by atoms with van der Waals surface area (Å²) in [6.07, 6.45) is 2.98. The first-order valence-electron chi connectivity index (χ1n) is 14.2. The van der Waals surface area contributed by atoms with E-state index in [1.807, 2.05) is 6.07 Å².